The van der Waals surface area contributed by atoms with Crippen LogP contribution in [0.2, 0.25) is 0 Å². The summed E-state index contributed by atoms with van der Waals surface area (Å²) in [6, 6.07) is 1.79. The molecule has 2 aromatic rings. The number of pyridine rings is 1. The third-order valence-corrected chi connectivity index (χ3v) is 3.24. The number of ether oxygens (including phenoxy) is 2. The van der Waals surface area contributed by atoms with Gasteiger partial charge in [-0.05, 0) is 32.4 Å². The Morgan fingerprint density at radius 2 is 2.04 bits per heavy atom. The SMILES string of the molecule is CCOC(=O)CCc1cn(-c2cc(C(F)(F)F)ccn2)nc1OCC. The van der Waals surface area contributed by atoms with Crippen molar-refractivity contribution in [1.29, 1.82) is 0 Å². The van der Waals surface area contributed by atoms with Gasteiger partial charge in [-0.2, -0.15) is 13.2 Å². The first-order chi connectivity index (χ1) is 11.8. The molecular formula is C16H18F3N3O3. The first kappa shape index (κ1) is 18.8. The molecule has 0 aliphatic carbocycles. The minimum atomic E-state index is -4.47. The quantitative estimate of drug-likeness (QED) is 0.712. The highest BCUT2D eigenvalue weighted by Gasteiger charge is 2.31. The van der Waals surface area contributed by atoms with Crippen molar-refractivity contribution in [2.45, 2.75) is 32.9 Å². The minimum absolute atomic E-state index is 0.0122. The zero-order valence-corrected chi connectivity index (χ0v) is 13.8. The van der Waals surface area contributed by atoms with E-state index in [1.165, 1.54) is 10.9 Å². The first-order valence-corrected chi connectivity index (χ1v) is 7.75. The number of aromatic nitrogens is 3. The van der Waals surface area contributed by atoms with Crippen molar-refractivity contribution in [1.82, 2.24) is 14.8 Å². The molecule has 0 aromatic carbocycles. The van der Waals surface area contributed by atoms with Gasteiger partial charge in [-0.15, -0.1) is 5.10 Å². The summed E-state index contributed by atoms with van der Waals surface area (Å²) in [6.07, 6.45) is -1.48. The van der Waals surface area contributed by atoms with Crippen LogP contribution in [0.3, 0.4) is 0 Å². The van der Waals surface area contributed by atoms with Gasteiger partial charge in [0.25, 0.3) is 0 Å². The number of rotatable bonds is 7. The maximum atomic E-state index is 12.8. The van der Waals surface area contributed by atoms with Gasteiger partial charge in [0.1, 0.15) is 0 Å². The van der Waals surface area contributed by atoms with Crippen molar-refractivity contribution >= 4 is 5.97 Å². The standard InChI is InChI=1S/C16H18F3N3O3/c1-3-24-14(23)6-5-11-10-22(21-15(11)25-4-2)13-9-12(7-8-20-13)16(17,18)19/h7-10H,3-6H2,1-2H3. The van der Waals surface area contributed by atoms with E-state index < -0.39 is 11.7 Å². The molecule has 0 bridgehead atoms. The van der Waals surface area contributed by atoms with Crippen molar-refractivity contribution < 1.29 is 27.4 Å². The number of nitrogens with zero attached hydrogens (tertiary/aromatic N) is 3. The molecule has 9 heteroatoms. The Kier molecular flexibility index (Phi) is 6.00. The lowest BCUT2D eigenvalue weighted by Gasteiger charge is -2.07. The largest absolute Gasteiger partial charge is 0.477 e. The number of carbonyl (C=O) groups is 1. The van der Waals surface area contributed by atoms with Gasteiger partial charge in [0, 0.05) is 24.4 Å². The predicted octanol–water partition coefficient (Wildman–Crippen LogP) is 3.18. The molecule has 0 amide bonds. The fourth-order valence-corrected chi connectivity index (χ4v) is 2.13. The summed E-state index contributed by atoms with van der Waals surface area (Å²) in [5.41, 5.74) is -0.229. The number of hydrogen-bond donors (Lipinski definition) is 0. The number of esters is 1. The van der Waals surface area contributed by atoms with Gasteiger partial charge in [0.2, 0.25) is 5.88 Å². The maximum Gasteiger partial charge on any atom is 0.416 e. The van der Waals surface area contributed by atoms with E-state index in [0.717, 1.165) is 18.3 Å². The van der Waals surface area contributed by atoms with Gasteiger partial charge in [0.15, 0.2) is 5.82 Å². The van der Waals surface area contributed by atoms with E-state index in [1.54, 1.807) is 13.8 Å². The van der Waals surface area contributed by atoms with Crippen LogP contribution in [0.4, 0.5) is 13.2 Å². The first-order valence-electron chi connectivity index (χ1n) is 7.75. The topological polar surface area (TPSA) is 66.2 Å². The van der Waals surface area contributed by atoms with Crippen LogP contribution in [0, 0.1) is 0 Å². The van der Waals surface area contributed by atoms with E-state index >= 15 is 0 Å². The van der Waals surface area contributed by atoms with Gasteiger partial charge in [-0.3, -0.25) is 4.79 Å². The highest BCUT2D eigenvalue weighted by atomic mass is 19.4. The van der Waals surface area contributed by atoms with Crippen LogP contribution >= 0.6 is 0 Å². The molecular weight excluding hydrogens is 339 g/mol. The van der Waals surface area contributed by atoms with E-state index in [4.69, 9.17) is 9.47 Å². The molecule has 2 rings (SSSR count). The van der Waals surface area contributed by atoms with Crippen LogP contribution in [-0.2, 0) is 22.1 Å². The molecule has 0 radical (unpaired) electrons. The smallest absolute Gasteiger partial charge is 0.416 e. The Hall–Kier alpha value is -2.58. The fourth-order valence-electron chi connectivity index (χ4n) is 2.13. The third kappa shape index (κ3) is 4.94. The summed E-state index contributed by atoms with van der Waals surface area (Å²) >= 11 is 0. The summed E-state index contributed by atoms with van der Waals surface area (Å²) in [5.74, 6) is -0.0981. The zero-order valence-electron chi connectivity index (χ0n) is 13.8. The minimum Gasteiger partial charge on any atom is -0.477 e. The molecule has 0 atom stereocenters. The lowest BCUT2D eigenvalue weighted by atomic mass is 10.2. The molecule has 0 unspecified atom stereocenters. The van der Waals surface area contributed by atoms with Crippen molar-refractivity contribution in [2.75, 3.05) is 13.2 Å². The average Bonchev–Trinajstić information content (AvgIpc) is 2.96. The summed E-state index contributed by atoms with van der Waals surface area (Å²) < 4.78 is 50.0. The molecule has 0 fully saturated rings. The molecule has 0 saturated carbocycles. The summed E-state index contributed by atoms with van der Waals surface area (Å²) in [7, 11) is 0. The van der Waals surface area contributed by atoms with Crippen molar-refractivity contribution in [3.05, 3.63) is 35.7 Å². The van der Waals surface area contributed by atoms with Crippen molar-refractivity contribution in [3.63, 3.8) is 0 Å². The van der Waals surface area contributed by atoms with Crippen molar-refractivity contribution in [2.24, 2.45) is 0 Å². The van der Waals surface area contributed by atoms with Crippen molar-refractivity contribution in [3.8, 4) is 11.7 Å². The van der Waals surface area contributed by atoms with Crippen LogP contribution in [0.25, 0.3) is 5.82 Å². The fraction of sp³-hybridized carbons (Fsp3) is 0.438. The molecule has 136 valence electrons. The van der Waals surface area contributed by atoms with E-state index in [9.17, 15) is 18.0 Å². The molecule has 0 saturated heterocycles. The second kappa shape index (κ2) is 8.00. The van der Waals surface area contributed by atoms with Gasteiger partial charge in [-0.1, -0.05) is 0 Å². The van der Waals surface area contributed by atoms with E-state index in [2.05, 4.69) is 10.1 Å². The van der Waals surface area contributed by atoms with Crippen LogP contribution in [-0.4, -0.2) is 33.9 Å². The van der Waals surface area contributed by atoms with Gasteiger partial charge < -0.3 is 9.47 Å². The zero-order chi connectivity index (χ0) is 18.4. The Morgan fingerprint density at radius 3 is 2.68 bits per heavy atom. The second-order valence-electron chi connectivity index (χ2n) is 5.04. The van der Waals surface area contributed by atoms with E-state index in [-0.39, 0.29) is 30.7 Å². The Labute approximate surface area is 142 Å². The van der Waals surface area contributed by atoms with Gasteiger partial charge in [0.05, 0.1) is 18.8 Å². The molecule has 2 aromatic heterocycles. The molecule has 25 heavy (non-hydrogen) atoms. The lowest BCUT2D eigenvalue weighted by molar-refractivity contribution is -0.143. The lowest BCUT2D eigenvalue weighted by Crippen LogP contribution is -2.07. The van der Waals surface area contributed by atoms with E-state index in [0.29, 0.717) is 18.6 Å². The molecule has 6 nitrogen and oxygen atoms in total. The summed E-state index contributed by atoms with van der Waals surface area (Å²) in [4.78, 5) is 15.4. The normalized spacial score (nSPS) is 11.4. The molecule has 0 aliphatic rings. The Balaban J connectivity index is 2.27. The number of hydrogen-bond acceptors (Lipinski definition) is 5. The maximum absolute atomic E-state index is 12.8. The summed E-state index contributed by atoms with van der Waals surface area (Å²) in [6.45, 7) is 4.08. The van der Waals surface area contributed by atoms with Gasteiger partial charge in [-0.25, -0.2) is 9.67 Å². The predicted molar refractivity (Wildman–Crippen MR) is 82.5 cm³/mol. The highest BCUT2D eigenvalue weighted by molar-refractivity contribution is 5.69. The number of halogens is 3. The second-order valence-corrected chi connectivity index (χ2v) is 5.04. The van der Waals surface area contributed by atoms with Crippen LogP contribution in [0.15, 0.2) is 24.5 Å². The summed E-state index contributed by atoms with van der Waals surface area (Å²) in [5, 5.41) is 4.13. The molecule has 0 aliphatic heterocycles. The Morgan fingerprint density at radius 1 is 1.28 bits per heavy atom. The van der Waals surface area contributed by atoms with Crippen LogP contribution in [0.1, 0.15) is 31.4 Å². The highest BCUT2D eigenvalue weighted by Crippen LogP contribution is 2.30. The molecule has 2 heterocycles. The van der Waals surface area contributed by atoms with E-state index in [1.807, 2.05) is 0 Å². The number of aryl methyl sites for hydroxylation is 1. The van der Waals surface area contributed by atoms with Gasteiger partial charge >= 0.3 is 12.1 Å². The Bertz CT molecular complexity index is 729. The van der Waals surface area contributed by atoms with Crippen LogP contribution < -0.4 is 4.74 Å². The third-order valence-electron chi connectivity index (χ3n) is 3.24. The average molecular weight is 357 g/mol. The monoisotopic (exact) mass is 357 g/mol. The van der Waals surface area contributed by atoms with Crippen LogP contribution in [0.5, 0.6) is 5.88 Å². The number of alkyl halides is 3. The molecule has 0 spiro atoms. The molecule has 0 N–H and O–H groups in total. The number of carbonyl (C=O) groups excluding carboxylic acids is 1.